The molecule has 2 atom stereocenters. The van der Waals surface area contributed by atoms with Gasteiger partial charge in [-0.05, 0) is 30.7 Å². The number of amides is 1. The molecule has 3 heterocycles. The molecular weight excluding hydrogens is 445 g/mol. The van der Waals surface area contributed by atoms with Crippen LogP contribution in [0.2, 0.25) is 10.0 Å². The Morgan fingerprint density at radius 3 is 2.47 bits per heavy atom. The highest BCUT2D eigenvalue weighted by Crippen LogP contribution is 2.41. The van der Waals surface area contributed by atoms with E-state index in [-0.39, 0.29) is 5.91 Å². The van der Waals surface area contributed by atoms with Crippen molar-refractivity contribution in [3.8, 4) is 0 Å². The number of halogens is 2. The van der Waals surface area contributed by atoms with Gasteiger partial charge in [0.15, 0.2) is 5.82 Å². The summed E-state index contributed by atoms with van der Waals surface area (Å²) in [6.45, 7) is 4.78. The number of carbonyl (C=O) groups is 1. The molecule has 2 aliphatic rings. The Bertz CT molecular complexity index is 1170. The van der Waals surface area contributed by atoms with E-state index in [0.29, 0.717) is 29.0 Å². The van der Waals surface area contributed by atoms with Gasteiger partial charge < -0.3 is 9.80 Å². The number of fused-ring (bicyclic) bond motifs is 1. The van der Waals surface area contributed by atoms with Gasteiger partial charge in [-0.2, -0.15) is 5.10 Å². The summed E-state index contributed by atoms with van der Waals surface area (Å²) < 4.78 is 1.79. The average molecular weight is 468 g/mol. The van der Waals surface area contributed by atoms with Crippen LogP contribution in [-0.2, 0) is 4.79 Å². The van der Waals surface area contributed by atoms with Crippen LogP contribution in [0.4, 0.5) is 11.5 Å². The standard InChI is InChI=1S/C24H23Cl2N5O/c1-16-21(24(32)30-14-12-29(13-15-30)17-6-3-2-4-7-17)23(31-20(28-16)10-11-27-31)18-8-5-9-19(25)22(18)26/h2-11,21,23H,12-15H2,1H3. The molecule has 5 rings (SSSR count). The predicted molar refractivity (Wildman–Crippen MR) is 128 cm³/mol. The van der Waals surface area contributed by atoms with Gasteiger partial charge in [0.25, 0.3) is 0 Å². The van der Waals surface area contributed by atoms with Crippen molar-refractivity contribution in [1.29, 1.82) is 0 Å². The molecule has 3 aromatic rings. The summed E-state index contributed by atoms with van der Waals surface area (Å²) in [5, 5.41) is 5.38. The molecule has 0 N–H and O–H groups in total. The molecule has 2 unspecified atom stereocenters. The van der Waals surface area contributed by atoms with Crippen molar-refractivity contribution in [1.82, 2.24) is 14.7 Å². The molecule has 1 saturated heterocycles. The molecule has 1 aromatic heterocycles. The highest BCUT2D eigenvalue weighted by atomic mass is 35.5. The second-order valence-electron chi connectivity index (χ2n) is 8.10. The van der Waals surface area contributed by atoms with Gasteiger partial charge in [0, 0.05) is 43.6 Å². The normalized spacial score (nSPS) is 20.7. The Morgan fingerprint density at radius 1 is 0.969 bits per heavy atom. The van der Waals surface area contributed by atoms with Crippen molar-refractivity contribution in [2.75, 3.05) is 31.1 Å². The highest BCUT2D eigenvalue weighted by molar-refractivity contribution is 6.42. The van der Waals surface area contributed by atoms with E-state index in [1.54, 1.807) is 16.9 Å². The first kappa shape index (κ1) is 21.0. The number of para-hydroxylation sites is 1. The SMILES string of the molecule is CC1=Nc2ccnn2C(c2cccc(Cl)c2Cl)C1C(=O)N1CCN(c2ccccc2)CC1. The van der Waals surface area contributed by atoms with Crippen LogP contribution >= 0.6 is 23.2 Å². The van der Waals surface area contributed by atoms with Crippen molar-refractivity contribution >= 4 is 46.3 Å². The number of rotatable bonds is 3. The number of benzene rings is 2. The quantitative estimate of drug-likeness (QED) is 0.552. The fraction of sp³-hybridized carbons (Fsp3) is 0.292. The van der Waals surface area contributed by atoms with Crippen molar-refractivity contribution in [2.24, 2.45) is 10.9 Å². The second kappa shape index (κ2) is 8.60. The van der Waals surface area contributed by atoms with E-state index in [9.17, 15) is 4.79 Å². The summed E-state index contributed by atoms with van der Waals surface area (Å²) >= 11 is 12.9. The molecule has 0 spiro atoms. The number of anilines is 1. The molecule has 2 aromatic carbocycles. The Kier molecular flexibility index (Phi) is 5.66. The lowest BCUT2D eigenvalue weighted by molar-refractivity contribution is -0.134. The largest absolute Gasteiger partial charge is 0.368 e. The lowest BCUT2D eigenvalue weighted by Gasteiger charge is -2.40. The van der Waals surface area contributed by atoms with Crippen LogP contribution < -0.4 is 4.90 Å². The molecule has 164 valence electrons. The van der Waals surface area contributed by atoms with E-state index in [1.807, 2.05) is 48.2 Å². The first-order chi connectivity index (χ1) is 15.5. The molecule has 0 radical (unpaired) electrons. The third kappa shape index (κ3) is 3.67. The molecule has 0 bridgehead atoms. The van der Waals surface area contributed by atoms with Gasteiger partial charge in [-0.3, -0.25) is 4.79 Å². The first-order valence-electron chi connectivity index (χ1n) is 10.7. The number of piperazine rings is 1. The maximum Gasteiger partial charge on any atom is 0.234 e. The van der Waals surface area contributed by atoms with E-state index < -0.39 is 12.0 Å². The Labute approximate surface area is 197 Å². The molecule has 32 heavy (non-hydrogen) atoms. The summed E-state index contributed by atoms with van der Waals surface area (Å²) in [4.78, 5) is 22.7. The Morgan fingerprint density at radius 2 is 1.72 bits per heavy atom. The third-order valence-electron chi connectivity index (χ3n) is 6.25. The molecule has 6 nitrogen and oxygen atoms in total. The maximum absolute atomic E-state index is 13.8. The highest BCUT2D eigenvalue weighted by Gasteiger charge is 2.41. The van der Waals surface area contributed by atoms with Crippen LogP contribution in [0.5, 0.6) is 0 Å². The van der Waals surface area contributed by atoms with Crippen molar-refractivity contribution in [2.45, 2.75) is 13.0 Å². The topological polar surface area (TPSA) is 53.7 Å². The molecule has 0 aliphatic carbocycles. The van der Waals surface area contributed by atoms with Gasteiger partial charge in [0.05, 0.1) is 22.3 Å². The lowest BCUT2D eigenvalue weighted by atomic mass is 9.86. The van der Waals surface area contributed by atoms with E-state index in [2.05, 4.69) is 27.1 Å². The van der Waals surface area contributed by atoms with Crippen LogP contribution in [0.15, 0.2) is 65.8 Å². The van der Waals surface area contributed by atoms with Gasteiger partial charge in [-0.25, -0.2) is 9.67 Å². The second-order valence-corrected chi connectivity index (χ2v) is 8.89. The molecule has 8 heteroatoms. The molecule has 0 saturated carbocycles. The smallest absolute Gasteiger partial charge is 0.234 e. The van der Waals surface area contributed by atoms with Gasteiger partial charge in [-0.1, -0.05) is 53.5 Å². The van der Waals surface area contributed by atoms with Crippen molar-refractivity contribution in [3.63, 3.8) is 0 Å². The lowest BCUT2D eigenvalue weighted by Crippen LogP contribution is -2.53. The van der Waals surface area contributed by atoms with E-state index in [0.717, 1.165) is 24.4 Å². The minimum absolute atomic E-state index is 0.0427. The minimum atomic E-state index is -0.498. The molecular formula is C24H23Cl2N5O. The fourth-order valence-electron chi connectivity index (χ4n) is 4.62. The zero-order chi connectivity index (χ0) is 22.2. The molecule has 1 amide bonds. The summed E-state index contributed by atoms with van der Waals surface area (Å²) in [6.07, 6.45) is 1.70. The Hall–Kier alpha value is -2.83. The summed E-state index contributed by atoms with van der Waals surface area (Å²) in [7, 11) is 0. The van der Waals surface area contributed by atoms with E-state index in [1.165, 1.54) is 5.69 Å². The fourth-order valence-corrected chi connectivity index (χ4v) is 5.04. The zero-order valence-corrected chi connectivity index (χ0v) is 19.2. The van der Waals surface area contributed by atoms with Gasteiger partial charge in [-0.15, -0.1) is 0 Å². The average Bonchev–Trinajstić information content (AvgIpc) is 3.28. The minimum Gasteiger partial charge on any atom is -0.368 e. The van der Waals surface area contributed by atoms with Crippen molar-refractivity contribution < 1.29 is 4.79 Å². The Balaban J connectivity index is 1.45. The summed E-state index contributed by atoms with van der Waals surface area (Å²) in [6, 6.07) is 17.3. The van der Waals surface area contributed by atoms with Crippen LogP contribution in [0.3, 0.4) is 0 Å². The van der Waals surface area contributed by atoms with Crippen molar-refractivity contribution in [3.05, 3.63) is 76.4 Å². The summed E-state index contributed by atoms with van der Waals surface area (Å²) in [5.74, 6) is 0.254. The van der Waals surface area contributed by atoms with Crippen LogP contribution in [0.25, 0.3) is 0 Å². The van der Waals surface area contributed by atoms with Gasteiger partial charge in [0.1, 0.15) is 5.92 Å². The number of aliphatic imine (C=N–C) groups is 1. The number of hydrogen-bond donors (Lipinski definition) is 0. The van der Waals surface area contributed by atoms with Gasteiger partial charge in [0.2, 0.25) is 5.91 Å². The maximum atomic E-state index is 13.8. The van der Waals surface area contributed by atoms with E-state index >= 15 is 0 Å². The van der Waals surface area contributed by atoms with E-state index in [4.69, 9.17) is 23.2 Å². The van der Waals surface area contributed by atoms with Crippen LogP contribution in [0.1, 0.15) is 18.5 Å². The van der Waals surface area contributed by atoms with Crippen LogP contribution in [0, 0.1) is 5.92 Å². The number of aromatic nitrogens is 2. The molecule has 1 fully saturated rings. The van der Waals surface area contributed by atoms with Gasteiger partial charge >= 0.3 is 0 Å². The number of hydrogen-bond acceptors (Lipinski definition) is 4. The number of nitrogens with zero attached hydrogens (tertiary/aromatic N) is 5. The predicted octanol–water partition coefficient (Wildman–Crippen LogP) is 4.85. The number of carbonyl (C=O) groups excluding carboxylic acids is 1. The van der Waals surface area contributed by atoms with Crippen LogP contribution in [-0.4, -0.2) is 52.5 Å². The monoisotopic (exact) mass is 467 g/mol. The summed E-state index contributed by atoms with van der Waals surface area (Å²) in [5.41, 5.74) is 2.72. The third-order valence-corrected chi connectivity index (χ3v) is 7.08. The first-order valence-corrected chi connectivity index (χ1v) is 11.4. The molecule has 2 aliphatic heterocycles. The zero-order valence-electron chi connectivity index (χ0n) is 17.7.